The van der Waals surface area contributed by atoms with Crippen molar-refractivity contribution in [1.29, 1.82) is 0 Å². The van der Waals surface area contributed by atoms with Crippen molar-refractivity contribution in [3.8, 4) is 33.2 Å². The van der Waals surface area contributed by atoms with Gasteiger partial charge in [-0.15, -0.1) is 11.3 Å². The first-order valence-electron chi connectivity index (χ1n) is 6.36. The molecular weight excluding hydrogens is 304 g/mol. The van der Waals surface area contributed by atoms with Gasteiger partial charge in [0.25, 0.3) is 0 Å². The zero-order chi connectivity index (χ0) is 15.0. The van der Waals surface area contributed by atoms with E-state index in [1.165, 1.54) is 11.5 Å². The molecule has 0 fully saturated rings. The van der Waals surface area contributed by atoms with Crippen LogP contribution in [0.3, 0.4) is 0 Å². The van der Waals surface area contributed by atoms with Crippen molar-refractivity contribution in [2.75, 3.05) is 7.11 Å². The summed E-state index contributed by atoms with van der Waals surface area (Å²) in [6, 6.07) is 5.30. The largest absolute Gasteiger partial charge is 0.507 e. The van der Waals surface area contributed by atoms with Gasteiger partial charge in [0.1, 0.15) is 11.5 Å². The van der Waals surface area contributed by atoms with E-state index in [0.717, 1.165) is 32.4 Å². The van der Waals surface area contributed by atoms with Crippen molar-refractivity contribution >= 4 is 22.9 Å². The van der Waals surface area contributed by atoms with Crippen molar-refractivity contribution in [1.82, 2.24) is 9.36 Å². The molecular formula is C15H14N2O2S2. The minimum absolute atomic E-state index is 0.186. The van der Waals surface area contributed by atoms with Crippen LogP contribution in [-0.2, 0) is 0 Å². The number of ether oxygens (including phenoxy) is 1. The Morgan fingerprint density at radius 1 is 1.24 bits per heavy atom. The van der Waals surface area contributed by atoms with Gasteiger partial charge in [-0.05, 0) is 37.5 Å². The van der Waals surface area contributed by atoms with Crippen LogP contribution in [0.5, 0.6) is 11.5 Å². The molecule has 0 amide bonds. The van der Waals surface area contributed by atoms with E-state index in [9.17, 15) is 5.11 Å². The van der Waals surface area contributed by atoms with E-state index in [1.54, 1.807) is 24.5 Å². The molecule has 6 heteroatoms. The Balaban J connectivity index is 2.16. The SMILES string of the molecule is COc1ccc(-c2snc(C)c2-c2csc(C)n2)c(O)c1. The number of rotatable bonds is 3. The summed E-state index contributed by atoms with van der Waals surface area (Å²) in [6.45, 7) is 3.94. The van der Waals surface area contributed by atoms with Crippen molar-refractivity contribution in [3.63, 3.8) is 0 Å². The summed E-state index contributed by atoms with van der Waals surface area (Å²) in [5.74, 6) is 0.815. The van der Waals surface area contributed by atoms with Gasteiger partial charge in [-0.3, -0.25) is 0 Å². The number of methoxy groups -OCH3 is 1. The normalized spacial score (nSPS) is 10.8. The number of aromatic nitrogens is 2. The molecule has 0 bridgehead atoms. The van der Waals surface area contributed by atoms with Gasteiger partial charge in [-0.25, -0.2) is 4.98 Å². The predicted molar refractivity (Wildman–Crippen MR) is 86.3 cm³/mol. The standard InChI is InChI=1S/C15H14N2O2S2/c1-8-14(12-7-20-9(2)16-12)15(21-17-8)11-5-4-10(19-3)6-13(11)18/h4-7,18H,1-3H3. The Morgan fingerprint density at radius 2 is 2.05 bits per heavy atom. The summed E-state index contributed by atoms with van der Waals surface area (Å²) >= 11 is 2.98. The zero-order valence-electron chi connectivity index (χ0n) is 11.9. The molecule has 2 heterocycles. The third-order valence-electron chi connectivity index (χ3n) is 3.19. The molecule has 0 saturated heterocycles. The molecule has 0 aliphatic heterocycles. The number of thiazole rings is 1. The highest BCUT2D eigenvalue weighted by atomic mass is 32.1. The van der Waals surface area contributed by atoms with Gasteiger partial charge in [-0.2, -0.15) is 4.37 Å². The molecule has 0 unspecified atom stereocenters. The lowest BCUT2D eigenvalue weighted by atomic mass is 10.0. The van der Waals surface area contributed by atoms with Crippen LogP contribution in [-0.4, -0.2) is 21.6 Å². The Labute approximate surface area is 130 Å². The summed E-state index contributed by atoms with van der Waals surface area (Å²) in [7, 11) is 1.58. The van der Waals surface area contributed by atoms with Crippen LogP contribution in [0, 0.1) is 13.8 Å². The van der Waals surface area contributed by atoms with Gasteiger partial charge < -0.3 is 9.84 Å². The molecule has 4 nitrogen and oxygen atoms in total. The van der Waals surface area contributed by atoms with Gasteiger partial charge in [0.15, 0.2) is 0 Å². The second kappa shape index (κ2) is 5.46. The maximum absolute atomic E-state index is 10.2. The highest BCUT2D eigenvalue weighted by Gasteiger charge is 2.19. The van der Waals surface area contributed by atoms with E-state index in [-0.39, 0.29) is 5.75 Å². The minimum Gasteiger partial charge on any atom is -0.507 e. The Hall–Kier alpha value is -1.92. The molecule has 3 rings (SSSR count). The number of aryl methyl sites for hydroxylation is 2. The van der Waals surface area contributed by atoms with E-state index in [1.807, 2.05) is 31.4 Å². The highest BCUT2D eigenvalue weighted by Crippen LogP contribution is 2.42. The number of phenolic OH excluding ortho intramolecular Hbond substituents is 1. The third-order valence-corrected chi connectivity index (χ3v) is 4.93. The molecule has 21 heavy (non-hydrogen) atoms. The summed E-state index contributed by atoms with van der Waals surface area (Å²) in [5.41, 5.74) is 3.58. The molecule has 0 atom stereocenters. The third kappa shape index (κ3) is 2.52. The molecule has 3 aromatic rings. The van der Waals surface area contributed by atoms with Crippen LogP contribution in [0.15, 0.2) is 23.6 Å². The van der Waals surface area contributed by atoms with E-state index in [0.29, 0.717) is 5.75 Å². The second-order valence-corrected chi connectivity index (χ2v) is 6.44. The lowest BCUT2D eigenvalue weighted by Crippen LogP contribution is -1.86. The van der Waals surface area contributed by atoms with Gasteiger partial charge in [0.05, 0.1) is 28.4 Å². The van der Waals surface area contributed by atoms with Crippen molar-refractivity contribution in [2.45, 2.75) is 13.8 Å². The van der Waals surface area contributed by atoms with Gasteiger partial charge in [0, 0.05) is 22.6 Å². The molecule has 0 aliphatic carbocycles. The fraction of sp³-hybridized carbons (Fsp3) is 0.200. The lowest BCUT2D eigenvalue weighted by molar-refractivity contribution is 0.408. The van der Waals surface area contributed by atoms with Crippen molar-refractivity contribution in [2.24, 2.45) is 0 Å². The predicted octanol–water partition coefficient (Wildman–Crippen LogP) is 4.26. The quantitative estimate of drug-likeness (QED) is 0.784. The minimum atomic E-state index is 0.186. The zero-order valence-corrected chi connectivity index (χ0v) is 13.5. The van der Waals surface area contributed by atoms with E-state index < -0.39 is 0 Å². The fourth-order valence-corrected chi connectivity index (χ4v) is 3.70. The average Bonchev–Trinajstić information content (AvgIpc) is 3.04. The summed E-state index contributed by atoms with van der Waals surface area (Å²) < 4.78 is 9.55. The molecule has 0 saturated carbocycles. The van der Waals surface area contributed by atoms with Gasteiger partial charge in [0.2, 0.25) is 0 Å². The van der Waals surface area contributed by atoms with Crippen LogP contribution in [0.25, 0.3) is 21.7 Å². The molecule has 108 valence electrons. The number of nitrogens with zero attached hydrogens (tertiary/aromatic N) is 2. The average molecular weight is 318 g/mol. The molecule has 1 N–H and O–H groups in total. The first-order chi connectivity index (χ1) is 10.1. The maximum atomic E-state index is 10.2. The van der Waals surface area contributed by atoms with Crippen LogP contribution in [0.1, 0.15) is 10.7 Å². The Morgan fingerprint density at radius 3 is 2.67 bits per heavy atom. The number of hydrogen-bond donors (Lipinski definition) is 1. The number of aromatic hydroxyl groups is 1. The van der Waals surface area contributed by atoms with E-state index >= 15 is 0 Å². The summed E-state index contributed by atoms with van der Waals surface area (Å²) in [4.78, 5) is 5.47. The van der Waals surface area contributed by atoms with Crippen molar-refractivity contribution in [3.05, 3.63) is 34.3 Å². The Kier molecular flexibility index (Phi) is 3.65. The molecule has 0 aliphatic rings. The van der Waals surface area contributed by atoms with Gasteiger partial charge in [-0.1, -0.05) is 0 Å². The first kappa shape index (κ1) is 14.0. The monoisotopic (exact) mass is 318 g/mol. The molecule has 2 aromatic heterocycles. The number of benzene rings is 1. The Bertz CT molecular complexity index is 793. The molecule has 1 aromatic carbocycles. The topological polar surface area (TPSA) is 55.2 Å². The number of hydrogen-bond acceptors (Lipinski definition) is 6. The van der Waals surface area contributed by atoms with Crippen molar-refractivity contribution < 1.29 is 9.84 Å². The summed E-state index contributed by atoms with van der Waals surface area (Å²) in [6.07, 6.45) is 0. The van der Waals surface area contributed by atoms with E-state index in [4.69, 9.17) is 4.74 Å². The second-order valence-electron chi connectivity index (χ2n) is 4.61. The maximum Gasteiger partial charge on any atom is 0.127 e. The van der Waals surface area contributed by atoms with Crippen LogP contribution in [0.4, 0.5) is 0 Å². The van der Waals surface area contributed by atoms with Crippen LogP contribution < -0.4 is 4.74 Å². The smallest absolute Gasteiger partial charge is 0.127 e. The van der Waals surface area contributed by atoms with E-state index in [2.05, 4.69) is 9.36 Å². The van der Waals surface area contributed by atoms with Crippen LogP contribution in [0.2, 0.25) is 0 Å². The number of phenols is 1. The molecule has 0 spiro atoms. The lowest BCUT2D eigenvalue weighted by Gasteiger charge is -2.07. The summed E-state index contributed by atoms with van der Waals surface area (Å²) in [5, 5.41) is 13.3. The highest BCUT2D eigenvalue weighted by molar-refractivity contribution is 7.11. The molecule has 0 radical (unpaired) electrons. The van der Waals surface area contributed by atoms with Crippen LogP contribution >= 0.6 is 22.9 Å². The van der Waals surface area contributed by atoms with Gasteiger partial charge >= 0.3 is 0 Å². The fourth-order valence-electron chi connectivity index (χ4n) is 2.16. The first-order valence-corrected chi connectivity index (χ1v) is 8.01.